The van der Waals surface area contributed by atoms with Crippen LogP contribution < -0.4 is 0 Å². The summed E-state index contributed by atoms with van der Waals surface area (Å²) in [6.45, 7) is 0. The van der Waals surface area contributed by atoms with Crippen molar-refractivity contribution >= 4 is 59.1 Å². The van der Waals surface area contributed by atoms with Gasteiger partial charge in [0.25, 0.3) is 0 Å². The van der Waals surface area contributed by atoms with E-state index in [1.807, 2.05) is 0 Å². The van der Waals surface area contributed by atoms with Crippen molar-refractivity contribution in [2.45, 2.75) is 68.9 Å². The Labute approximate surface area is 410 Å². The summed E-state index contributed by atoms with van der Waals surface area (Å²) in [5, 5.41) is 126. The molecule has 0 heterocycles. The summed E-state index contributed by atoms with van der Waals surface area (Å²) in [6.07, 6.45) is 3.23. The highest BCUT2D eigenvalue weighted by Gasteiger charge is 2.78. The quantitative estimate of drug-likeness (QED) is 0.0389. The highest BCUT2D eigenvalue weighted by atomic mass is 16.6. The molecule has 0 aromatic rings. The third kappa shape index (κ3) is 8.79. The summed E-state index contributed by atoms with van der Waals surface area (Å²) >= 11 is 0. The topological polar surface area (TPSA) is 449 Å². The standard InChI is InChI=1S/C46H48O27/c1-68-31(52)38(59)16-13-24(19-41(38,62)34(55)71-4)7-10-27(47)44(65)22-37(58,30(50)51)23-45(66,28(48)11-8-25-14-17-39(60,32(53)69-2)42(63,20-25)35(56)72-5)46(44,67)29(49)12-9-26-15-18-40(61,33(54)70-3)43(64,21-26)36(57)73-6/h7-21,58-67H,22-23H2,1-6H3,(H,50,51)/b10-7+,11-8+,12-9+/t37?,38?,39?,40?,41?,42?,43?,44-,45-,46?/m0/s1. The van der Waals surface area contributed by atoms with Gasteiger partial charge >= 0.3 is 41.8 Å². The van der Waals surface area contributed by atoms with Crippen LogP contribution in [0.5, 0.6) is 0 Å². The van der Waals surface area contributed by atoms with Crippen LogP contribution in [0.1, 0.15) is 12.8 Å². The molecule has 4 rings (SSSR count). The molecule has 0 aromatic carbocycles. The first-order valence-electron chi connectivity index (χ1n) is 20.5. The minimum atomic E-state index is -4.45. The van der Waals surface area contributed by atoms with Gasteiger partial charge in [0.15, 0.2) is 39.8 Å². The highest BCUT2D eigenvalue weighted by Crippen LogP contribution is 2.51. The Bertz CT molecular complexity index is 2600. The average Bonchev–Trinajstić information content (AvgIpc) is 3.36. The Morgan fingerprint density at radius 3 is 0.863 bits per heavy atom. The van der Waals surface area contributed by atoms with E-state index < -0.39 is 145 Å². The van der Waals surface area contributed by atoms with Crippen LogP contribution in [-0.2, 0) is 76.4 Å². The van der Waals surface area contributed by atoms with E-state index in [1.165, 1.54) is 0 Å². The zero-order valence-electron chi connectivity index (χ0n) is 39.0. The Morgan fingerprint density at radius 2 is 0.630 bits per heavy atom. The molecule has 1 fully saturated rings. The molecular weight excluding hydrogens is 984 g/mol. The van der Waals surface area contributed by atoms with Crippen molar-refractivity contribution in [3.8, 4) is 0 Å². The molecule has 0 aromatic heterocycles. The van der Waals surface area contributed by atoms with Crippen LogP contribution in [0.15, 0.2) is 108 Å². The van der Waals surface area contributed by atoms with E-state index in [1.54, 1.807) is 0 Å². The lowest BCUT2D eigenvalue weighted by atomic mass is 9.53. The van der Waals surface area contributed by atoms with Crippen LogP contribution in [0.2, 0.25) is 0 Å². The Kier molecular flexibility index (Phi) is 15.8. The molecule has 11 N–H and O–H groups in total. The molecule has 6 unspecified atom stereocenters. The Morgan fingerprint density at radius 1 is 0.397 bits per heavy atom. The van der Waals surface area contributed by atoms with Gasteiger partial charge in [0.1, 0.15) is 0 Å². The Hall–Kier alpha value is -7.44. The summed E-state index contributed by atoms with van der Waals surface area (Å²) in [5.41, 5.74) is -38.0. The van der Waals surface area contributed by atoms with Crippen LogP contribution in [0.25, 0.3) is 0 Å². The highest BCUT2D eigenvalue weighted by molar-refractivity contribution is 6.15. The van der Waals surface area contributed by atoms with Crippen molar-refractivity contribution in [2.75, 3.05) is 42.7 Å². The van der Waals surface area contributed by atoms with E-state index in [2.05, 4.69) is 28.4 Å². The molecule has 0 aliphatic heterocycles. The molecule has 0 saturated heterocycles. The van der Waals surface area contributed by atoms with E-state index in [-0.39, 0.29) is 18.2 Å². The van der Waals surface area contributed by atoms with Gasteiger partial charge in [0.05, 0.1) is 42.7 Å². The van der Waals surface area contributed by atoms with Crippen molar-refractivity contribution in [2.24, 2.45) is 0 Å². The number of carboxylic acid groups (broad SMARTS) is 1. The molecule has 27 nitrogen and oxygen atoms in total. The molecule has 0 spiro atoms. The molecule has 4 aliphatic carbocycles. The maximum absolute atomic E-state index is 14.6. The van der Waals surface area contributed by atoms with Gasteiger partial charge < -0.3 is 84.6 Å². The van der Waals surface area contributed by atoms with E-state index in [9.17, 15) is 104 Å². The number of aliphatic carboxylic acids is 1. The lowest BCUT2D eigenvalue weighted by molar-refractivity contribution is -0.267. The lowest BCUT2D eigenvalue weighted by Gasteiger charge is -2.55. The second kappa shape index (κ2) is 19.9. The number of carboxylic acids is 1. The smallest absolute Gasteiger partial charge is 0.346 e. The fourth-order valence-corrected chi connectivity index (χ4v) is 8.30. The van der Waals surface area contributed by atoms with Gasteiger partial charge in [0, 0.05) is 12.8 Å². The number of allylic oxidation sites excluding steroid dienone is 9. The summed E-state index contributed by atoms with van der Waals surface area (Å²) in [4.78, 5) is 132. The molecule has 0 radical (unpaired) electrons. The minimum absolute atomic E-state index is 0.165. The molecule has 8 atom stereocenters. The van der Waals surface area contributed by atoms with E-state index in [0.717, 1.165) is 60.9 Å². The molecule has 0 amide bonds. The predicted octanol–water partition coefficient (Wildman–Crippen LogP) is -5.92. The number of aliphatic hydroxyl groups is 10. The number of carbonyl (C=O) groups is 10. The zero-order valence-corrected chi connectivity index (χ0v) is 39.0. The molecule has 0 bridgehead atoms. The second-order valence-corrected chi connectivity index (χ2v) is 16.7. The van der Waals surface area contributed by atoms with Crippen LogP contribution in [0.3, 0.4) is 0 Å². The number of carbonyl (C=O) groups excluding carboxylic acids is 9. The van der Waals surface area contributed by atoms with Crippen molar-refractivity contribution in [1.29, 1.82) is 0 Å². The zero-order chi connectivity index (χ0) is 55.8. The fourth-order valence-electron chi connectivity index (χ4n) is 8.30. The first kappa shape index (κ1) is 58.1. The molecule has 73 heavy (non-hydrogen) atoms. The summed E-state index contributed by atoms with van der Waals surface area (Å²) in [5.74, 6) is -18.6. The first-order valence-corrected chi connectivity index (χ1v) is 20.5. The van der Waals surface area contributed by atoms with Gasteiger partial charge in [0.2, 0.25) is 33.6 Å². The Balaban J connectivity index is 2.02. The van der Waals surface area contributed by atoms with Gasteiger partial charge in [-0.25, -0.2) is 33.6 Å². The third-order valence-electron chi connectivity index (χ3n) is 12.5. The van der Waals surface area contributed by atoms with E-state index in [0.29, 0.717) is 54.7 Å². The van der Waals surface area contributed by atoms with Crippen LogP contribution in [0, 0.1) is 0 Å². The lowest BCUT2D eigenvalue weighted by Crippen LogP contribution is -2.82. The summed E-state index contributed by atoms with van der Waals surface area (Å²) in [7, 11) is 4.48. The molecule has 394 valence electrons. The summed E-state index contributed by atoms with van der Waals surface area (Å²) in [6, 6.07) is 0. The SMILES string of the molecule is COC(=O)C1(O)C=CC(/C=C/C(=O)C2(O)[C@@](O)(C(=O)/C=C/C3=CC(O)(C(=O)OC)C(O)(C(=O)OC)C=C3)CC(O)(C(=O)O)C[C@]2(O)C(=O)/C=C/C2=CC(O)(C(=O)OC)C(O)(C(=O)OC)C=C2)=CC1(O)C(=O)OC. The van der Waals surface area contributed by atoms with Gasteiger partial charge in [-0.1, -0.05) is 36.5 Å². The van der Waals surface area contributed by atoms with Crippen LogP contribution in [0.4, 0.5) is 0 Å². The molecule has 1 saturated carbocycles. The second-order valence-electron chi connectivity index (χ2n) is 16.7. The van der Waals surface area contributed by atoms with Crippen molar-refractivity contribution in [3.05, 3.63) is 108 Å². The fraction of sp³-hybridized carbons (Fsp3) is 0.391. The van der Waals surface area contributed by atoms with Gasteiger partial charge in [-0.2, -0.15) is 0 Å². The number of hydrogen-bond acceptors (Lipinski definition) is 26. The predicted molar refractivity (Wildman–Crippen MR) is 233 cm³/mol. The number of ether oxygens (including phenoxy) is 6. The van der Waals surface area contributed by atoms with Crippen molar-refractivity contribution in [1.82, 2.24) is 0 Å². The summed E-state index contributed by atoms with van der Waals surface area (Å²) < 4.78 is 26.9. The monoisotopic (exact) mass is 1030 g/mol. The first-order chi connectivity index (χ1) is 33.6. The maximum Gasteiger partial charge on any atom is 0.346 e. The normalized spacial score (nSPS) is 35.8. The van der Waals surface area contributed by atoms with Crippen molar-refractivity contribution < 1.29 is 133 Å². The van der Waals surface area contributed by atoms with Crippen molar-refractivity contribution in [3.63, 3.8) is 0 Å². The van der Waals surface area contributed by atoms with E-state index >= 15 is 0 Å². The third-order valence-corrected chi connectivity index (χ3v) is 12.5. The molecule has 27 heteroatoms. The number of hydrogen-bond donors (Lipinski definition) is 11. The number of esters is 6. The number of ketones is 3. The maximum atomic E-state index is 14.6. The van der Waals surface area contributed by atoms with Crippen LogP contribution in [-0.4, -0.2) is 214 Å². The largest absolute Gasteiger partial charge is 0.479 e. The number of methoxy groups -OCH3 is 6. The average molecular weight is 1030 g/mol. The van der Waals surface area contributed by atoms with Gasteiger partial charge in [-0.15, -0.1) is 0 Å². The minimum Gasteiger partial charge on any atom is -0.479 e. The number of rotatable bonds is 16. The van der Waals surface area contributed by atoms with Gasteiger partial charge in [-0.3, -0.25) is 14.4 Å². The molecule has 4 aliphatic rings. The van der Waals surface area contributed by atoms with E-state index in [4.69, 9.17) is 0 Å². The molecular formula is C46H48O27. The van der Waals surface area contributed by atoms with Gasteiger partial charge in [-0.05, 0) is 71.4 Å². The van der Waals surface area contributed by atoms with Crippen LogP contribution >= 0.6 is 0 Å².